The molecule has 2 saturated heterocycles. The van der Waals surface area contributed by atoms with Crippen molar-refractivity contribution in [3.05, 3.63) is 101 Å². The van der Waals surface area contributed by atoms with Gasteiger partial charge in [-0.2, -0.15) is 0 Å². The van der Waals surface area contributed by atoms with E-state index in [1.165, 1.54) is 48.1 Å². The molecule has 7 nitrogen and oxygen atoms in total. The first-order valence-corrected chi connectivity index (χ1v) is 16.3. The van der Waals surface area contributed by atoms with Crippen LogP contribution in [0.5, 0.6) is 0 Å². The summed E-state index contributed by atoms with van der Waals surface area (Å²) >= 11 is 0. The van der Waals surface area contributed by atoms with Crippen molar-refractivity contribution in [3.8, 4) is 0 Å². The fourth-order valence-electron chi connectivity index (χ4n) is 8.13. The van der Waals surface area contributed by atoms with Gasteiger partial charge in [0.05, 0.1) is 11.0 Å². The summed E-state index contributed by atoms with van der Waals surface area (Å²) in [6.07, 6.45) is 8.64. The molecule has 3 fully saturated rings. The van der Waals surface area contributed by atoms with Gasteiger partial charge in [-0.25, -0.2) is 0 Å². The second-order valence-corrected chi connectivity index (χ2v) is 13.6. The van der Waals surface area contributed by atoms with Crippen molar-refractivity contribution < 1.29 is 4.79 Å². The molecule has 228 valence electrons. The number of hydrogen-bond donors (Lipinski definition) is 1. The highest BCUT2D eigenvalue weighted by atomic mass is 16.1. The van der Waals surface area contributed by atoms with Crippen LogP contribution in [-0.4, -0.2) is 64.4 Å². The zero-order valence-corrected chi connectivity index (χ0v) is 26.0. The largest absolute Gasteiger partial charge is 0.371 e. The summed E-state index contributed by atoms with van der Waals surface area (Å²) in [4.78, 5) is 28.7. The average molecular weight is 589 g/mol. The third-order valence-electron chi connectivity index (χ3n) is 10.6. The number of rotatable bonds is 7. The summed E-state index contributed by atoms with van der Waals surface area (Å²) in [5.74, 6) is 0.124. The second-order valence-electron chi connectivity index (χ2n) is 13.6. The van der Waals surface area contributed by atoms with Crippen LogP contribution in [0.4, 0.5) is 5.69 Å². The molecule has 1 unspecified atom stereocenters. The SMILES string of the molecule is CC(C)c1ccccc1C1CN(Cc2cccc3nccnc23)CCN1C1CC2(CCN(c3ccc(C(N)=O)cc3)CC2)C1. The van der Waals surface area contributed by atoms with Gasteiger partial charge in [-0.15, -0.1) is 0 Å². The monoisotopic (exact) mass is 588 g/mol. The first kappa shape index (κ1) is 28.9. The van der Waals surface area contributed by atoms with Crippen molar-refractivity contribution in [2.45, 2.75) is 64.1 Å². The van der Waals surface area contributed by atoms with Crippen molar-refractivity contribution in [2.24, 2.45) is 11.1 Å². The average Bonchev–Trinajstić information content (AvgIpc) is 3.04. The molecular weight excluding hydrogens is 544 g/mol. The number of nitrogens with two attached hydrogens (primary N) is 1. The maximum absolute atomic E-state index is 11.5. The summed E-state index contributed by atoms with van der Waals surface area (Å²) in [5, 5.41) is 0. The highest BCUT2D eigenvalue weighted by molar-refractivity contribution is 5.93. The lowest BCUT2D eigenvalue weighted by atomic mass is 9.59. The maximum atomic E-state index is 11.5. The molecule has 44 heavy (non-hydrogen) atoms. The quantitative estimate of drug-likeness (QED) is 0.279. The molecule has 1 aliphatic carbocycles. The molecule has 3 aromatic carbocycles. The Morgan fingerprint density at radius 1 is 0.909 bits per heavy atom. The Labute approximate surface area is 261 Å². The number of carbonyl (C=O) groups is 1. The minimum atomic E-state index is -0.368. The number of amides is 1. The van der Waals surface area contributed by atoms with E-state index in [1.807, 2.05) is 30.5 Å². The number of nitrogens with zero attached hydrogens (tertiary/aromatic N) is 5. The van der Waals surface area contributed by atoms with E-state index < -0.39 is 0 Å². The van der Waals surface area contributed by atoms with E-state index in [-0.39, 0.29) is 5.91 Å². The Morgan fingerprint density at radius 2 is 1.66 bits per heavy atom. The third-order valence-corrected chi connectivity index (χ3v) is 10.6. The normalized spacial score (nSPS) is 21.2. The molecule has 1 saturated carbocycles. The maximum Gasteiger partial charge on any atom is 0.248 e. The molecule has 7 heteroatoms. The Hall–Kier alpha value is -3.81. The molecule has 1 aromatic heterocycles. The van der Waals surface area contributed by atoms with E-state index >= 15 is 0 Å². The number of piperazine rings is 1. The number of piperidine rings is 1. The first-order valence-electron chi connectivity index (χ1n) is 16.3. The van der Waals surface area contributed by atoms with Crippen LogP contribution in [-0.2, 0) is 6.54 Å². The highest BCUT2D eigenvalue weighted by Crippen LogP contribution is 2.53. The minimum absolute atomic E-state index is 0.368. The number of carbonyl (C=O) groups excluding carboxylic acids is 1. The predicted octanol–water partition coefficient (Wildman–Crippen LogP) is 6.16. The third kappa shape index (κ3) is 5.59. The fourth-order valence-corrected chi connectivity index (χ4v) is 8.13. The van der Waals surface area contributed by atoms with E-state index in [0.717, 1.165) is 50.3 Å². The number of benzene rings is 3. The number of anilines is 1. The predicted molar refractivity (Wildman–Crippen MR) is 177 cm³/mol. The van der Waals surface area contributed by atoms with Crippen molar-refractivity contribution in [2.75, 3.05) is 37.6 Å². The Kier molecular flexibility index (Phi) is 7.85. The second kappa shape index (κ2) is 11.9. The lowest BCUT2D eigenvalue weighted by Crippen LogP contribution is -2.60. The Bertz CT molecular complexity index is 1610. The highest BCUT2D eigenvalue weighted by Gasteiger charge is 2.50. The van der Waals surface area contributed by atoms with E-state index in [2.05, 4.69) is 81.0 Å². The number of aromatic nitrogens is 2. The lowest BCUT2D eigenvalue weighted by molar-refractivity contribution is -0.0627. The summed E-state index contributed by atoms with van der Waals surface area (Å²) in [7, 11) is 0. The molecule has 2 aliphatic heterocycles. The molecule has 3 aliphatic rings. The van der Waals surface area contributed by atoms with Gasteiger partial charge in [0.1, 0.15) is 0 Å². The summed E-state index contributed by atoms with van der Waals surface area (Å²) < 4.78 is 0. The summed E-state index contributed by atoms with van der Waals surface area (Å²) in [6, 6.07) is 24.3. The van der Waals surface area contributed by atoms with Gasteiger partial charge in [0.25, 0.3) is 0 Å². The van der Waals surface area contributed by atoms with E-state index in [4.69, 9.17) is 5.73 Å². The van der Waals surface area contributed by atoms with E-state index in [1.54, 1.807) is 6.20 Å². The number of para-hydroxylation sites is 1. The summed E-state index contributed by atoms with van der Waals surface area (Å²) in [5.41, 5.74) is 13.9. The molecule has 1 amide bonds. The van der Waals surface area contributed by atoms with Gasteiger partial charge in [0.2, 0.25) is 5.91 Å². The van der Waals surface area contributed by atoms with Crippen LogP contribution < -0.4 is 10.6 Å². The first-order chi connectivity index (χ1) is 21.4. The molecule has 1 atom stereocenters. The molecule has 0 radical (unpaired) electrons. The minimum Gasteiger partial charge on any atom is -0.371 e. The zero-order valence-electron chi connectivity index (χ0n) is 26.0. The lowest BCUT2D eigenvalue weighted by Gasteiger charge is -2.58. The molecule has 0 bridgehead atoms. The van der Waals surface area contributed by atoms with Crippen LogP contribution in [0.25, 0.3) is 11.0 Å². The van der Waals surface area contributed by atoms with E-state index in [9.17, 15) is 4.79 Å². The van der Waals surface area contributed by atoms with Crippen LogP contribution in [0.3, 0.4) is 0 Å². The fraction of sp³-hybridized carbons (Fsp3) is 0.432. The molecular formula is C37H44N6O. The number of hydrogen-bond acceptors (Lipinski definition) is 6. The van der Waals surface area contributed by atoms with Crippen molar-refractivity contribution in [1.29, 1.82) is 0 Å². The molecule has 1 spiro atoms. The Balaban J connectivity index is 1.06. The van der Waals surface area contributed by atoms with Crippen molar-refractivity contribution in [1.82, 2.24) is 19.8 Å². The van der Waals surface area contributed by atoms with Crippen LogP contribution in [0.2, 0.25) is 0 Å². The molecule has 2 N–H and O–H groups in total. The van der Waals surface area contributed by atoms with Gasteiger partial charge in [-0.3, -0.25) is 24.6 Å². The van der Waals surface area contributed by atoms with Crippen LogP contribution >= 0.6 is 0 Å². The van der Waals surface area contributed by atoms with Gasteiger partial charge in [-0.1, -0.05) is 50.2 Å². The van der Waals surface area contributed by atoms with Crippen LogP contribution in [0, 0.1) is 5.41 Å². The number of fused-ring (bicyclic) bond motifs is 1. The van der Waals surface area contributed by atoms with Gasteiger partial charge in [0, 0.05) is 75.0 Å². The van der Waals surface area contributed by atoms with Crippen molar-refractivity contribution >= 4 is 22.6 Å². The molecule has 7 rings (SSSR count). The zero-order chi connectivity index (χ0) is 30.3. The number of primary amides is 1. The topological polar surface area (TPSA) is 78.6 Å². The Morgan fingerprint density at radius 3 is 2.41 bits per heavy atom. The van der Waals surface area contributed by atoms with Crippen LogP contribution in [0.15, 0.2) is 79.1 Å². The standard InChI is InChI=1S/C37H44N6O/c1-26(2)31-7-3-4-8-32(31)34-25-41(24-28-6-5-9-33-35(28)40-17-16-39-33)20-21-43(34)30-22-37(23-30)14-18-42(19-15-37)29-12-10-27(11-13-29)36(38)44/h3-13,16-17,26,30,34H,14-15,18-25H2,1-2H3,(H2,38,44). The van der Waals surface area contributed by atoms with Gasteiger partial charge < -0.3 is 10.6 Å². The van der Waals surface area contributed by atoms with Gasteiger partial charge >= 0.3 is 0 Å². The van der Waals surface area contributed by atoms with Crippen molar-refractivity contribution in [3.63, 3.8) is 0 Å². The smallest absolute Gasteiger partial charge is 0.248 e. The van der Waals surface area contributed by atoms with Crippen LogP contribution in [0.1, 0.15) is 78.5 Å². The van der Waals surface area contributed by atoms with E-state index in [0.29, 0.717) is 29.0 Å². The molecule has 4 aromatic rings. The molecule has 3 heterocycles. The van der Waals surface area contributed by atoms with Gasteiger partial charge in [0.15, 0.2) is 0 Å². The summed E-state index contributed by atoms with van der Waals surface area (Å²) in [6.45, 7) is 10.9. The van der Waals surface area contributed by atoms with Gasteiger partial charge in [-0.05, 0) is 84.0 Å².